The lowest BCUT2D eigenvalue weighted by Gasteiger charge is -2.17. The number of anilines is 1. The Balaban J connectivity index is 2.57. The minimum Gasteiger partial charge on any atom is -0.382 e. The molecule has 0 aliphatic heterocycles. The van der Waals surface area contributed by atoms with Crippen LogP contribution < -0.4 is 5.32 Å². The Labute approximate surface area is 95.0 Å². The smallest absolute Gasteiger partial charge is 0.0353 e. The summed E-state index contributed by atoms with van der Waals surface area (Å²) in [4.78, 5) is 0. The van der Waals surface area contributed by atoms with Crippen LogP contribution in [-0.2, 0) is 0 Å². The van der Waals surface area contributed by atoms with E-state index in [1.165, 1.54) is 24.9 Å². The zero-order valence-corrected chi connectivity index (χ0v) is 10.5. The van der Waals surface area contributed by atoms with Gasteiger partial charge in [0.25, 0.3) is 0 Å². The van der Waals surface area contributed by atoms with Crippen molar-refractivity contribution in [3.8, 4) is 0 Å². The van der Waals surface area contributed by atoms with E-state index < -0.39 is 0 Å². The summed E-state index contributed by atoms with van der Waals surface area (Å²) < 4.78 is 1.13. The highest BCUT2D eigenvalue weighted by Crippen LogP contribution is 2.18. The SMILES string of the molecule is CCCC(CC)Nc1cccc(Br)c1. The third kappa shape index (κ3) is 3.70. The van der Waals surface area contributed by atoms with E-state index in [9.17, 15) is 0 Å². The van der Waals surface area contributed by atoms with Crippen LogP contribution in [0.5, 0.6) is 0 Å². The molecule has 0 heterocycles. The van der Waals surface area contributed by atoms with Gasteiger partial charge in [-0.25, -0.2) is 0 Å². The normalized spacial score (nSPS) is 12.5. The van der Waals surface area contributed by atoms with Crippen molar-refractivity contribution in [2.24, 2.45) is 0 Å². The van der Waals surface area contributed by atoms with Crippen molar-refractivity contribution in [2.75, 3.05) is 5.32 Å². The van der Waals surface area contributed by atoms with Crippen molar-refractivity contribution >= 4 is 21.6 Å². The van der Waals surface area contributed by atoms with Crippen molar-refractivity contribution in [1.29, 1.82) is 0 Å². The summed E-state index contributed by atoms with van der Waals surface area (Å²) in [6.45, 7) is 4.45. The van der Waals surface area contributed by atoms with Crippen LogP contribution in [0.2, 0.25) is 0 Å². The summed E-state index contributed by atoms with van der Waals surface area (Å²) >= 11 is 3.47. The first-order chi connectivity index (χ1) is 6.76. The molecular weight excluding hydrogens is 238 g/mol. The van der Waals surface area contributed by atoms with Crippen LogP contribution in [0.1, 0.15) is 33.1 Å². The largest absolute Gasteiger partial charge is 0.382 e. The fourth-order valence-corrected chi connectivity index (χ4v) is 1.94. The molecule has 0 spiro atoms. The maximum Gasteiger partial charge on any atom is 0.0353 e. The summed E-state index contributed by atoms with van der Waals surface area (Å²) in [7, 11) is 0. The highest BCUT2D eigenvalue weighted by Gasteiger charge is 2.04. The average Bonchev–Trinajstić information content (AvgIpc) is 2.17. The maximum atomic E-state index is 3.54. The molecule has 0 saturated heterocycles. The average molecular weight is 256 g/mol. The highest BCUT2D eigenvalue weighted by atomic mass is 79.9. The molecule has 1 N–H and O–H groups in total. The van der Waals surface area contributed by atoms with Gasteiger partial charge in [0, 0.05) is 16.2 Å². The molecule has 0 radical (unpaired) electrons. The Morgan fingerprint density at radius 2 is 2.14 bits per heavy atom. The second-order valence-electron chi connectivity index (χ2n) is 3.55. The second kappa shape index (κ2) is 6.07. The number of halogens is 1. The van der Waals surface area contributed by atoms with Crippen LogP contribution in [0.25, 0.3) is 0 Å². The fourth-order valence-electron chi connectivity index (χ4n) is 1.54. The van der Waals surface area contributed by atoms with Crippen molar-refractivity contribution in [3.05, 3.63) is 28.7 Å². The number of nitrogens with one attached hydrogen (secondary N) is 1. The molecule has 0 aromatic heterocycles. The molecule has 14 heavy (non-hydrogen) atoms. The molecule has 1 atom stereocenters. The van der Waals surface area contributed by atoms with Crippen LogP contribution in [0.15, 0.2) is 28.7 Å². The third-order valence-electron chi connectivity index (χ3n) is 2.33. The standard InChI is InChI=1S/C12H18BrN/c1-3-6-11(4-2)14-12-8-5-7-10(13)9-12/h5,7-9,11,14H,3-4,6H2,1-2H3. The van der Waals surface area contributed by atoms with E-state index in [0.717, 1.165) is 4.47 Å². The van der Waals surface area contributed by atoms with E-state index in [-0.39, 0.29) is 0 Å². The monoisotopic (exact) mass is 255 g/mol. The van der Waals surface area contributed by atoms with Gasteiger partial charge in [-0.15, -0.1) is 0 Å². The van der Waals surface area contributed by atoms with Crippen LogP contribution >= 0.6 is 15.9 Å². The number of hydrogen-bond donors (Lipinski definition) is 1. The molecule has 1 aromatic carbocycles. The molecule has 0 aliphatic rings. The van der Waals surface area contributed by atoms with Crippen LogP contribution in [0.4, 0.5) is 5.69 Å². The van der Waals surface area contributed by atoms with E-state index in [1.54, 1.807) is 0 Å². The molecule has 1 rings (SSSR count). The van der Waals surface area contributed by atoms with Gasteiger partial charge in [0.1, 0.15) is 0 Å². The molecular formula is C12H18BrN. The Bertz CT molecular complexity index is 273. The van der Waals surface area contributed by atoms with Gasteiger partial charge in [-0.1, -0.05) is 42.3 Å². The molecule has 0 fully saturated rings. The van der Waals surface area contributed by atoms with Crippen molar-refractivity contribution in [1.82, 2.24) is 0 Å². The first kappa shape index (κ1) is 11.6. The lowest BCUT2D eigenvalue weighted by atomic mass is 10.1. The van der Waals surface area contributed by atoms with E-state index in [1.807, 2.05) is 6.07 Å². The number of hydrogen-bond acceptors (Lipinski definition) is 1. The van der Waals surface area contributed by atoms with Gasteiger partial charge in [0.05, 0.1) is 0 Å². The zero-order valence-electron chi connectivity index (χ0n) is 8.89. The van der Waals surface area contributed by atoms with Gasteiger partial charge in [-0.2, -0.15) is 0 Å². The number of rotatable bonds is 5. The Hall–Kier alpha value is -0.500. The Kier molecular flexibility index (Phi) is 5.02. The quantitative estimate of drug-likeness (QED) is 0.821. The molecule has 2 heteroatoms. The topological polar surface area (TPSA) is 12.0 Å². The fraction of sp³-hybridized carbons (Fsp3) is 0.500. The van der Waals surface area contributed by atoms with Gasteiger partial charge in [0.15, 0.2) is 0 Å². The predicted molar refractivity (Wildman–Crippen MR) is 66.8 cm³/mol. The minimum absolute atomic E-state index is 0.606. The predicted octanol–water partition coefficient (Wildman–Crippen LogP) is 4.44. The van der Waals surface area contributed by atoms with Gasteiger partial charge in [-0.3, -0.25) is 0 Å². The van der Waals surface area contributed by atoms with Gasteiger partial charge in [-0.05, 0) is 31.0 Å². The molecule has 0 saturated carbocycles. The van der Waals surface area contributed by atoms with Gasteiger partial charge >= 0.3 is 0 Å². The molecule has 78 valence electrons. The summed E-state index contributed by atoms with van der Waals surface area (Å²) in [5, 5.41) is 3.54. The van der Waals surface area contributed by atoms with Crippen LogP contribution in [0.3, 0.4) is 0 Å². The van der Waals surface area contributed by atoms with E-state index >= 15 is 0 Å². The summed E-state index contributed by atoms with van der Waals surface area (Å²) in [5.74, 6) is 0. The summed E-state index contributed by atoms with van der Waals surface area (Å²) in [6.07, 6.45) is 3.66. The van der Waals surface area contributed by atoms with Crippen LogP contribution in [-0.4, -0.2) is 6.04 Å². The highest BCUT2D eigenvalue weighted by molar-refractivity contribution is 9.10. The van der Waals surface area contributed by atoms with E-state index in [4.69, 9.17) is 0 Å². The van der Waals surface area contributed by atoms with Gasteiger partial charge < -0.3 is 5.32 Å². The third-order valence-corrected chi connectivity index (χ3v) is 2.82. The molecule has 1 nitrogen and oxygen atoms in total. The summed E-state index contributed by atoms with van der Waals surface area (Å²) in [5.41, 5.74) is 1.21. The maximum absolute atomic E-state index is 3.54. The molecule has 0 amide bonds. The van der Waals surface area contributed by atoms with Crippen molar-refractivity contribution in [2.45, 2.75) is 39.2 Å². The Morgan fingerprint density at radius 1 is 1.36 bits per heavy atom. The zero-order chi connectivity index (χ0) is 10.4. The van der Waals surface area contributed by atoms with Crippen molar-refractivity contribution in [3.63, 3.8) is 0 Å². The van der Waals surface area contributed by atoms with E-state index in [2.05, 4.69) is 53.3 Å². The van der Waals surface area contributed by atoms with Crippen LogP contribution in [0, 0.1) is 0 Å². The van der Waals surface area contributed by atoms with Gasteiger partial charge in [0.2, 0.25) is 0 Å². The van der Waals surface area contributed by atoms with Crippen molar-refractivity contribution < 1.29 is 0 Å². The molecule has 0 aliphatic carbocycles. The first-order valence-electron chi connectivity index (χ1n) is 5.28. The van der Waals surface area contributed by atoms with E-state index in [0.29, 0.717) is 6.04 Å². The molecule has 1 aromatic rings. The lowest BCUT2D eigenvalue weighted by Crippen LogP contribution is -2.17. The Morgan fingerprint density at radius 3 is 2.71 bits per heavy atom. The first-order valence-corrected chi connectivity index (χ1v) is 6.07. The number of benzene rings is 1. The second-order valence-corrected chi connectivity index (χ2v) is 4.46. The lowest BCUT2D eigenvalue weighted by molar-refractivity contribution is 0.623. The molecule has 1 unspecified atom stereocenters. The summed E-state index contributed by atoms with van der Waals surface area (Å²) in [6, 6.07) is 8.95. The minimum atomic E-state index is 0.606. The molecule has 0 bridgehead atoms.